The van der Waals surface area contributed by atoms with Crippen molar-refractivity contribution >= 4 is 17.2 Å². The minimum absolute atomic E-state index is 0.318. The predicted octanol–water partition coefficient (Wildman–Crippen LogP) is 2.69. The molecule has 128 valence electrons. The molecule has 1 aromatic rings. The van der Waals surface area contributed by atoms with Crippen molar-refractivity contribution in [3.05, 3.63) is 22.4 Å². The van der Waals surface area contributed by atoms with Gasteiger partial charge in [0.25, 0.3) is 0 Å². The average molecular weight is 336 g/mol. The van der Waals surface area contributed by atoms with E-state index >= 15 is 0 Å². The summed E-state index contributed by atoms with van der Waals surface area (Å²) in [6, 6.07) is 4.59. The van der Waals surface area contributed by atoms with Crippen LogP contribution in [-0.2, 0) is 4.79 Å². The maximum atomic E-state index is 12.8. The van der Waals surface area contributed by atoms with Gasteiger partial charge in [-0.1, -0.05) is 19.9 Å². The number of piperazine rings is 1. The van der Waals surface area contributed by atoms with Gasteiger partial charge >= 0.3 is 0 Å². The van der Waals surface area contributed by atoms with Crippen LogP contribution in [0.15, 0.2) is 17.5 Å². The molecule has 1 unspecified atom stereocenters. The van der Waals surface area contributed by atoms with E-state index in [1.54, 1.807) is 11.3 Å². The van der Waals surface area contributed by atoms with E-state index in [-0.39, 0.29) is 0 Å². The lowest BCUT2D eigenvalue weighted by Gasteiger charge is -2.36. The lowest BCUT2D eigenvalue weighted by atomic mass is 10.2. The quantitative estimate of drug-likeness (QED) is 0.828. The largest absolute Gasteiger partial charge is 0.334 e. The van der Waals surface area contributed by atoms with Gasteiger partial charge < -0.3 is 9.80 Å². The first-order valence-electron chi connectivity index (χ1n) is 8.91. The Kier molecular flexibility index (Phi) is 5.72. The van der Waals surface area contributed by atoms with Gasteiger partial charge in [0.05, 0.1) is 12.6 Å². The van der Waals surface area contributed by atoms with Gasteiger partial charge in [-0.05, 0) is 30.2 Å². The summed E-state index contributed by atoms with van der Waals surface area (Å²) in [6.07, 6.45) is 2.25. The van der Waals surface area contributed by atoms with Crippen LogP contribution < -0.4 is 0 Å². The highest BCUT2D eigenvalue weighted by Crippen LogP contribution is 2.34. The molecule has 0 bridgehead atoms. The lowest BCUT2D eigenvalue weighted by molar-refractivity contribution is -0.133. The number of hydrogen-bond acceptors (Lipinski definition) is 4. The Balaban J connectivity index is 1.50. The van der Waals surface area contributed by atoms with Gasteiger partial charge in [0.2, 0.25) is 5.91 Å². The Morgan fingerprint density at radius 2 is 1.96 bits per heavy atom. The topological polar surface area (TPSA) is 26.8 Å². The van der Waals surface area contributed by atoms with Crippen LogP contribution in [-0.4, -0.2) is 66.4 Å². The molecular weight excluding hydrogens is 306 g/mol. The van der Waals surface area contributed by atoms with E-state index in [0.29, 0.717) is 18.5 Å². The molecule has 23 heavy (non-hydrogen) atoms. The average Bonchev–Trinajstić information content (AvgIpc) is 3.19. The minimum atomic E-state index is 0.318. The summed E-state index contributed by atoms with van der Waals surface area (Å²) in [5, 5.41) is 2.12. The maximum Gasteiger partial charge on any atom is 0.237 e. The molecule has 1 amide bonds. The third kappa shape index (κ3) is 4.34. The van der Waals surface area contributed by atoms with E-state index in [9.17, 15) is 4.79 Å². The van der Waals surface area contributed by atoms with Gasteiger partial charge in [0.1, 0.15) is 0 Å². The van der Waals surface area contributed by atoms with Gasteiger partial charge in [0, 0.05) is 44.1 Å². The summed E-state index contributed by atoms with van der Waals surface area (Å²) in [5.74, 6) is 1.04. The molecular formula is C18H29N3OS. The van der Waals surface area contributed by atoms with Crippen LogP contribution in [0, 0.1) is 5.92 Å². The Morgan fingerprint density at radius 3 is 2.61 bits per heavy atom. The molecule has 0 saturated carbocycles. The van der Waals surface area contributed by atoms with Crippen molar-refractivity contribution < 1.29 is 4.79 Å². The van der Waals surface area contributed by atoms with Gasteiger partial charge in [-0.3, -0.25) is 9.69 Å². The number of rotatable bonds is 5. The fourth-order valence-corrected chi connectivity index (χ4v) is 4.64. The smallest absolute Gasteiger partial charge is 0.237 e. The maximum absolute atomic E-state index is 12.8. The van der Waals surface area contributed by atoms with Crippen LogP contribution in [0.4, 0.5) is 0 Å². The molecule has 0 aliphatic carbocycles. The molecule has 1 aromatic heterocycles. The van der Waals surface area contributed by atoms with Crippen molar-refractivity contribution in [1.82, 2.24) is 14.7 Å². The van der Waals surface area contributed by atoms with Crippen LogP contribution in [0.2, 0.25) is 0 Å². The molecule has 2 aliphatic rings. The molecule has 0 spiro atoms. The van der Waals surface area contributed by atoms with E-state index in [2.05, 4.69) is 46.1 Å². The van der Waals surface area contributed by atoms with E-state index in [0.717, 1.165) is 51.5 Å². The molecule has 3 heterocycles. The standard InChI is InChI=1S/C18H29N3OS/c1-15(2)13-19-8-10-20(11-9-19)14-18(22)21-7-3-5-16(21)17-6-4-12-23-17/h4,6,12,15-16H,3,5,7-11,13-14H2,1-2H3. The molecule has 1 atom stereocenters. The molecule has 2 aliphatic heterocycles. The highest BCUT2D eigenvalue weighted by Gasteiger charge is 2.31. The van der Waals surface area contributed by atoms with E-state index in [4.69, 9.17) is 0 Å². The summed E-state index contributed by atoms with van der Waals surface area (Å²) in [7, 11) is 0. The van der Waals surface area contributed by atoms with Crippen LogP contribution in [0.5, 0.6) is 0 Å². The molecule has 5 heteroatoms. The molecule has 3 rings (SSSR count). The SMILES string of the molecule is CC(C)CN1CCN(CC(=O)N2CCCC2c2cccs2)CC1. The second kappa shape index (κ2) is 7.77. The Bertz CT molecular complexity index is 494. The zero-order valence-corrected chi connectivity index (χ0v) is 15.2. The Hall–Kier alpha value is -0.910. The summed E-state index contributed by atoms with van der Waals surface area (Å²) in [6.45, 7) is 11.5. The van der Waals surface area contributed by atoms with Gasteiger partial charge in [-0.2, -0.15) is 0 Å². The van der Waals surface area contributed by atoms with Crippen molar-refractivity contribution in [3.8, 4) is 0 Å². The number of thiophene rings is 1. The zero-order chi connectivity index (χ0) is 16.2. The van der Waals surface area contributed by atoms with E-state index in [1.807, 2.05) is 0 Å². The normalized spacial score (nSPS) is 23.8. The Labute approximate surface area is 144 Å². The van der Waals surface area contributed by atoms with Crippen LogP contribution in [0.3, 0.4) is 0 Å². The van der Waals surface area contributed by atoms with Crippen LogP contribution in [0.25, 0.3) is 0 Å². The zero-order valence-electron chi connectivity index (χ0n) is 14.4. The highest BCUT2D eigenvalue weighted by molar-refractivity contribution is 7.10. The summed E-state index contributed by atoms with van der Waals surface area (Å²) >= 11 is 1.78. The molecule has 0 aromatic carbocycles. The van der Waals surface area contributed by atoms with Crippen molar-refractivity contribution in [3.63, 3.8) is 0 Å². The number of carbonyl (C=O) groups excluding carboxylic acids is 1. The second-order valence-electron chi connectivity index (χ2n) is 7.23. The fourth-order valence-electron chi connectivity index (χ4n) is 3.77. The van der Waals surface area contributed by atoms with Crippen LogP contribution in [0.1, 0.15) is 37.6 Å². The number of hydrogen-bond donors (Lipinski definition) is 0. The molecule has 4 nitrogen and oxygen atoms in total. The number of carbonyl (C=O) groups is 1. The third-order valence-corrected chi connectivity index (χ3v) is 5.87. The molecule has 2 saturated heterocycles. The fraction of sp³-hybridized carbons (Fsp3) is 0.722. The highest BCUT2D eigenvalue weighted by atomic mass is 32.1. The monoisotopic (exact) mass is 335 g/mol. The van der Waals surface area contributed by atoms with Gasteiger partial charge in [-0.15, -0.1) is 11.3 Å². The van der Waals surface area contributed by atoms with Crippen molar-refractivity contribution in [2.24, 2.45) is 5.92 Å². The van der Waals surface area contributed by atoms with Gasteiger partial charge in [-0.25, -0.2) is 0 Å². The Morgan fingerprint density at radius 1 is 1.22 bits per heavy atom. The van der Waals surface area contributed by atoms with Crippen molar-refractivity contribution in [2.75, 3.05) is 45.8 Å². The first-order chi connectivity index (χ1) is 11.1. The molecule has 0 N–H and O–H groups in total. The lowest BCUT2D eigenvalue weighted by Crippen LogP contribution is -2.50. The van der Waals surface area contributed by atoms with Crippen LogP contribution >= 0.6 is 11.3 Å². The number of likely N-dealkylation sites (tertiary alicyclic amines) is 1. The van der Waals surface area contributed by atoms with E-state index < -0.39 is 0 Å². The summed E-state index contributed by atoms with van der Waals surface area (Å²) in [4.78, 5) is 21.1. The first-order valence-corrected chi connectivity index (χ1v) is 9.79. The third-order valence-electron chi connectivity index (χ3n) is 4.89. The summed E-state index contributed by atoms with van der Waals surface area (Å²) in [5.41, 5.74) is 0. The second-order valence-corrected chi connectivity index (χ2v) is 8.21. The van der Waals surface area contributed by atoms with Crippen molar-refractivity contribution in [1.29, 1.82) is 0 Å². The number of amides is 1. The molecule has 2 fully saturated rings. The van der Waals surface area contributed by atoms with Gasteiger partial charge in [0.15, 0.2) is 0 Å². The minimum Gasteiger partial charge on any atom is -0.334 e. The summed E-state index contributed by atoms with van der Waals surface area (Å²) < 4.78 is 0. The van der Waals surface area contributed by atoms with E-state index in [1.165, 1.54) is 11.4 Å². The predicted molar refractivity (Wildman–Crippen MR) is 95.7 cm³/mol. The van der Waals surface area contributed by atoms with Crippen molar-refractivity contribution in [2.45, 2.75) is 32.7 Å². The number of nitrogens with zero attached hydrogens (tertiary/aromatic N) is 3. The first kappa shape index (κ1) is 16.9. The molecule has 0 radical (unpaired) electrons.